The molecule has 1 aliphatic carbocycles. The van der Waals surface area contributed by atoms with Crippen LogP contribution in [0.2, 0.25) is 0 Å². The van der Waals surface area contributed by atoms with Crippen LogP contribution in [-0.4, -0.2) is 18.6 Å². The normalized spacial score (nSPS) is 14.0. The number of carbonyl (C=O) groups excluding carboxylic acids is 1. The van der Waals surface area contributed by atoms with Crippen LogP contribution in [0.1, 0.15) is 24.8 Å². The summed E-state index contributed by atoms with van der Waals surface area (Å²) in [7, 11) is 0. The van der Waals surface area contributed by atoms with Crippen LogP contribution < -0.4 is 16.4 Å². The number of nitrogens with one attached hydrogen (secondary N) is 2. The van der Waals surface area contributed by atoms with Gasteiger partial charge in [-0.05, 0) is 37.5 Å². The highest BCUT2D eigenvalue weighted by Crippen LogP contribution is 2.18. The van der Waals surface area contributed by atoms with Gasteiger partial charge < -0.3 is 16.4 Å². The molecule has 1 fully saturated rings. The standard InChI is InChI=1S/C14H16FN3O/c15-13-7-6-12(9-10(13)3-2-8-16)18-14(19)17-11-4-1-5-11/h6-7,9,11H,1,4-5,8,16H2,(H2,17,18,19). The van der Waals surface area contributed by atoms with Crippen LogP contribution in [0.15, 0.2) is 18.2 Å². The van der Waals surface area contributed by atoms with Crippen molar-refractivity contribution in [2.45, 2.75) is 25.3 Å². The summed E-state index contributed by atoms with van der Waals surface area (Å²) < 4.78 is 13.4. The molecule has 1 aromatic carbocycles. The fourth-order valence-corrected chi connectivity index (χ4v) is 1.75. The lowest BCUT2D eigenvalue weighted by atomic mass is 9.93. The van der Waals surface area contributed by atoms with Gasteiger partial charge in [-0.25, -0.2) is 9.18 Å². The zero-order valence-electron chi connectivity index (χ0n) is 10.5. The van der Waals surface area contributed by atoms with Gasteiger partial charge in [-0.3, -0.25) is 0 Å². The molecule has 1 aromatic rings. The van der Waals surface area contributed by atoms with Gasteiger partial charge in [0.1, 0.15) is 5.82 Å². The second kappa shape index (κ2) is 6.21. The second-order valence-corrected chi connectivity index (χ2v) is 4.43. The molecule has 0 saturated heterocycles. The molecule has 19 heavy (non-hydrogen) atoms. The van der Waals surface area contributed by atoms with Crippen LogP contribution in [0.3, 0.4) is 0 Å². The quantitative estimate of drug-likeness (QED) is 0.711. The lowest BCUT2D eigenvalue weighted by Gasteiger charge is -2.26. The third kappa shape index (κ3) is 3.70. The molecule has 1 aliphatic rings. The van der Waals surface area contributed by atoms with Crippen molar-refractivity contribution >= 4 is 11.7 Å². The molecule has 4 N–H and O–H groups in total. The molecule has 0 aromatic heterocycles. The van der Waals surface area contributed by atoms with Crippen LogP contribution in [0.5, 0.6) is 0 Å². The van der Waals surface area contributed by atoms with Crippen molar-refractivity contribution in [3.05, 3.63) is 29.6 Å². The van der Waals surface area contributed by atoms with Crippen molar-refractivity contribution in [2.75, 3.05) is 11.9 Å². The van der Waals surface area contributed by atoms with Crippen molar-refractivity contribution < 1.29 is 9.18 Å². The van der Waals surface area contributed by atoms with Gasteiger partial charge in [-0.1, -0.05) is 11.8 Å². The molecular weight excluding hydrogens is 245 g/mol. The number of benzene rings is 1. The Morgan fingerprint density at radius 2 is 2.26 bits per heavy atom. The van der Waals surface area contributed by atoms with Crippen molar-refractivity contribution in [1.29, 1.82) is 0 Å². The molecule has 0 bridgehead atoms. The summed E-state index contributed by atoms with van der Waals surface area (Å²) in [6.07, 6.45) is 3.19. The molecule has 2 rings (SSSR count). The molecule has 4 nitrogen and oxygen atoms in total. The minimum Gasteiger partial charge on any atom is -0.335 e. The number of amides is 2. The first-order valence-corrected chi connectivity index (χ1v) is 6.25. The molecule has 0 spiro atoms. The number of hydrogen-bond acceptors (Lipinski definition) is 2. The predicted octanol–water partition coefficient (Wildman–Crippen LogP) is 1.81. The van der Waals surface area contributed by atoms with Gasteiger partial charge in [0.05, 0.1) is 12.1 Å². The third-order valence-corrected chi connectivity index (χ3v) is 2.99. The Bertz CT molecular complexity index is 529. The summed E-state index contributed by atoms with van der Waals surface area (Å²) in [5.41, 5.74) is 5.99. The maximum absolute atomic E-state index is 13.4. The number of hydrogen-bond donors (Lipinski definition) is 3. The van der Waals surface area contributed by atoms with Gasteiger partial charge in [-0.2, -0.15) is 0 Å². The second-order valence-electron chi connectivity index (χ2n) is 4.43. The summed E-state index contributed by atoms with van der Waals surface area (Å²) in [5, 5.41) is 5.51. The minimum atomic E-state index is -0.425. The Morgan fingerprint density at radius 3 is 2.89 bits per heavy atom. The highest BCUT2D eigenvalue weighted by molar-refractivity contribution is 5.89. The number of halogens is 1. The van der Waals surface area contributed by atoms with E-state index in [-0.39, 0.29) is 24.2 Å². The molecule has 5 heteroatoms. The van der Waals surface area contributed by atoms with Crippen LogP contribution in [0, 0.1) is 17.7 Å². The van der Waals surface area contributed by atoms with Gasteiger partial charge in [0.25, 0.3) is 0 Å². The average molecular weight is 261 g/mol. The van der Waals surface area contributed by atoms with Crippen LogP contribution >= 0.6 is 0 Å². The molecule has 2 amide bonds. The molecule has 0 radical (unpaired) electrons. The summed E-state index contributed by atoms with van der Waals surface area (Å²) in [5.74, 6) is 4.79. The smallest absolute Gasteiger partial charge is 0.319 e. The van der Waals surface area contributed by atoms with E-state index in [0.717, 1.165) is 19.3 Å². The SMILES string of the molecule is NCC#Cc1cc(NC(=O)NC2CCC2)ccc1F. The molecule has 0 aliphatic heterocycles. The Balaban J connectivity index is 2.01. The molecule has 100 valence electrons. The van der Waals surface area contributed by atoms with Gasteiger partial charge >= 0.3 is 6.03 Å². The zero-order valence-corrected chi connectivity index (χ0v) is 10.5. The van der Waals surface area contributed by atoms with Crippen LogP contribution in [0.25, 0.3) is 0 Å². The minimum absolute atomic E-state index is 0.166. The first kappa shape index (κ1) is 13.4. The highest BCUT2D eigenvalue weighted by Gasteiger charge is 2.19. The Hall–Kier alpha value is -2.06. The fourth-order valence-electron chi connectivity index (χ4n) is 1.75. The Kier molecular flexibility index (Phi) is 4.37. The van der Waals surface area contributed by atoms with E-state index >= 15 is 0 Å². The first-order chi connectivity index (χ1) is 9.19. The maximum atomic E-state index is 13.4. The maximum Gasteiger partial charge on any atom is 0.319 e. The molecule has 1 saturated carbocycles. The molecule has 0 unspecified atom stereocenters. The molecular formula is C14H16FN3O. The number of carbonyl (C=O) groups is 1. The monoisotopic (exact) mass is 261 g/mol. The molecule has 0 heterocycles. The molecule has 0 atom stereocenters. The number of rotatable bonds is 2. The summed E-state index contributed by atoms with van der Waals surface area (Å²) in [4.78, 5) is 11.7. The van der Waals surface area contributed by atoms with E-state index in [4.69, 9.17) is 5.73 Å². The lowest BCUT2D eigenvalue weighted by Crippen LogP contribution is -2.41. The van der Waals surface area contributed by atoms with Gasteiger partial charge in [0.2, 0.25) is 0 Å². The third-order valence-electron chi connectivity index (χ3n) is 2.99. The van der Waals surface area contributed by atoms with E-state index in [9.17, 15) is 9.18 Å². The van der Waals surface area contributed by atoms with Crippen LogP contribution in [0.4, 0.5) is 14.9 Å². The average Bonchev–Trinajstić information content (AvgIpc) is 2.34. The Morgan fingerprint density at radius 1 is 1.47 bits per heavy atom. The van der Waals surface area contributed by atoms with Crippen LogP contribution in [-0.2, 0) is 0 Å². The van der Waals surface area contributed by atoms with E-state index in [1.807, 2.05) is 0 Å². The van der Waals surface area contributed by atoms with Crippen molar-refractivity contribution in [3.8, 4) is 11.8 Å². The highest BCUT2D eigenvalue weighted by atomic mass is 19.1. The summed E-state index contributed by atoms with van der Waals surface area (Å²) in [6, 6.07) is 4.27. The summed E-state index contributed by atoms with van der Waals surface area (Å²) in [6.45, 7) is 0.166. The number of anilines is 1. The summed E-state index contributed by atoms with van der Waals surface area (Å²) >= 11 is 0. The fraction of sp³-hybridized carbons (Fsp3) is 0.357. The topological polar surface area (TPSA) is 67.1 Å². The van der Waals surface area contributed by atoms with E-state index in [0.29, 0.717) is 5.69 Å². The van der Waals surface area contributed by atoms with E-state index in [2.05, 4.69) is 22.5 Å². The van der Waals surface area contributed by atoms with Gasteiger partial charge in [0.15, 0.2) is 0 Å². The lowest BCUT2D eigenvalue weighted by molar-refractivity contribution is 0.240. The van der Waals surface area contributed by atoms with E-state index < -0.39 is 5.82 Å². The van der Waals surface area contributed by atoms with Crippen molar-refractivity contribution in [2.24, 2.45) is 5.73 Å². The Labute approximate surface area is 111 Å². The number of urea groups is 1. The predicted molar refractivity (Wildman–Crippen MR) is 72.1 cm³/mol. The van der Waals surface area contributed by atoms with Gasteiger partial charge in [-0.15, -0.1) is 0 Å². The largest absolute Gasteiger partial charge is 0.335 e. The number of nitrogens with two attached hydrogens (primary N) is 1. The van der Waals surface area contributed by atoms with Gasteiger partial charge in [0, 0.05) is 11.7 Å². The van der Waals surface area contributed by atoms with E-state index in [1.165, 1.54) is 18.2 Å². The van der Waals surface area contributed by atoms with Crippen molar-refractivity contribution in [1.82, 2.24) is 5.32 Å². The van der Waals surface area contributed by atoms with E-state index in [1.54, 1.807) is 0 Å². The van der Waals surface area contributed by atoms with Crippen molar-refractivity contribution in [3.63, 3.8) is 0 Å². The zero-order chi connectivity index (χ0) is 13.7. The first-order valence-electron chi connectivity index (χ1n) is 6.25.